The van der Waals surface area contributed by atoms with Crippen molar-refractivity contribution in [2.24, 2.45) is 0 Å². The first-order valence-corrected chi connectivity index (χ1v) is 8.23. The number of ether oxygens (including phenoxy) is 2. The maximum absolute atomic E-state index is 5.86. The molecular weight excluding hydrogens is 288 g/mol. The molecule has 1 fully saturated rings. The van der Waals surface area contributed by atoms with E-state index in [1.165, 1.54) is 0 Å². The second kappa shape index (κ2) is 7.47. The Balaban J connectivity index is 1.59. The predicted octanol–water partition coefficient (Wildman–Crippen LogP) is 4.03. The largest absolute Gasteiger partial charge is 0.489 e. The lowest BCUT2D eigenvalue weighted by Gasteiger charge is -2.33. The van der Waals surface area contributed by atoms with Gasteiger partial charge in [0.05, 0.1) is 12.2 Å². The van der Waals surface area contributed by atoms with Gasteiger partial charge in [-0.05, 0) is 44.9 Å². The molecule has 2 heterocycles. The molecule has 0 radical (unpaired) electrons. The first kappa shape index (κ1) is 15.8. The summed E-state index contributed by atoms with van der Waals surface area (Å²) in [4.78, 5) is 4.10. The van der Waals surface area contributed by atoms with E-state index in [1.807, 2.05) is 30.5 Å². The van der Waals surface area contributed by atoms with Gasteiger partial charge in [0, 0.05) is 35.8 Å². The summed E-state index contributed by atoms with van der Waals surface area (Å²) in [5.74, 6) is 0.868. The first-order chi connectivity index (χ1) is 11.2. The molecule has 2 aromatic rings. The van der Waals surface area contributed by atoms with Gasteiger partial charge < -0.3 is 14.8 Å². The number of aromatic nitrogens is 1. The Bertz CT molecular complexity index is 608. The third kappa shape index (κ3) is 4.70. The van der Waals surface area contributed by atoms with Crippen LogP contribution in [0.5, 0.6) is 5.75 Å². The molecule has 0 amide bonds. The molecule has 1 unspecified atom stereocenters. The molecule has 0 saturated carbocycles. The molecule has 1 aromatic carbocycles. The highest BCUT2D eigenvalue weighted by molar-refractivity contribution is 5.49. The second-order valence-electron chi connectivity index (χ2n) is 6.25. The minimum absolute atomic E-state index is 0.307. The maximum atomic E-state index is 5.86. The number of nitrogens with one attached hydrogen (secondary N) is 1. The number of hydrogen-bond acceptors (Lipinski definition) is 4. The van der Waals surface area contributed by atoms with Crippen molar-refractivity contribution in [2.45, 2.75) is 51.5 Å². The van der Waals surface area contributed by atoms with Crippen LogP contribution >= 0.6 is 0 Å². The topological polar surface area (TPSA) is 43.4 Å². The Kier molecular flexibility index (Phi) is 5.13. The Morgan fingerprint density at radius 1 is 1.17 bits per heavy atom. The third-order valence-corrected chi connectivity index (χ3v) is 4.03. The molecule has 4 nitrogen and oxygen atoms in total. The molecule has 1 aliphatic rings. The fourth-order valence-electron chi connectivity index (χ4n) is 3.08. The molecule has 1 saturated heterocycles. The first-order valence-electron chi connectivity index (χ1n) is 8.23. The summed E-state index contributed by atoms with van der Waals surface area (Å²) < 4.78 is 11.7. The van der Waals surface area contributed by atoms with Crippen molar-refractivity contribution in [2.75, 3.05) is 5.32 Å². The van der Waals surface area contributed by atoms with Gasteiger partial charge in [0.2, 0.25) is 0 Å². The minimum Gasteiger partial charge on any atom is -0.489 e. The van der Waals surface area contributed by atoms with Crippen molar-refractivity contribution in [3.8, 4) is 5.75 Å². The summed E-state index contributed by atoms with van der Waals surface area (Å²) in [6, 6.07) is 12.5. The summed E-state index contributed by atoms with van der Waals surface area (Å²) in [6.45, 7) is 4.80. The molecule has 0 spiro atoms. The number of rotatable bonds is 5. The normalized spacial score (nSPS) is 24.2. The second-order valence-corrected chi connectivity index (χ2v) is 6.25. The van der Waals surface area contributed by atoms with Crippen LogP contribution in [-0.2, 0) is 11.3 Å². The molecule has 1 aromatic heterocycles. The molecule has 1 N–H and O–H groups in total. The van der Waals surface area contributed by atoms with Crippen molar-refractivity contribution in [3.63, 3.8) is 0 Å². The van der Waals surface area contributed by atoms with E-state index < -0.39 is 0 Å². The average Bonchev–Trinajstić information content (AvgIpc) is 2.53. The number of anilines is 1. The van der Waals surface area contributed by atoms with E-state index in [9.17, 15) is 0 Å². The highest BCUT2D eigenvalue weighted by atomic mass is 16.5. The zero-order valence-corrected chi connectivity index (χ0v) is 13.7. The van der Waals surface area contributed by atoms with Crippen LogP contribution in [-0.4, -0.2) is 23.2 Å². The predicted molar refractivity (Wildman–Crippen MR) is 91.7 cm³/mol. The van der Waals surface area contributed by atoms with E-state index in [2.05, 4.69) is 36.3 Å². The van der Waals surface area contributed by atoms with Crippen molar-refractivity contribution in [1.29, 1.82) is 0 Å². The van der Waals surface area contributed by atoms with Crippen LogP contribution in [0.25, 0.3) is 0 Å². The molecule has 3 rings (SSSR count). The molecule has 3 atom stereocenters. The Hall–Kier alpha value is -2.07. The van der Waals surface area contributed by atoms with Gasteiger partial charge >= 0.3 is 0 Å². The Morgan fingerprint density at radius 3 is 2.74 bits per heavy atom. The smallest absolute Gasteiger partial charge is 0.121 e. The van der Waals surface area contributed by atoms with Crippen molar-refractivity contribution >= 4 is 5.69 Å². The molecule has 4 heteroatoms. The van der Waals surface area contributed by atoms with Gasteiger partial charge in [0.25, 0.3) is 0 Å². The van der Waals surface area contributed by atoms with Gasteiger partial charge in [-0.15, -0.1) is 0 Å². The van der Waals surface area contributed by atoms with E-state index in [4.69, 9.17) is 9.47 Å². The van der Waals surface area contributed by atoms with Crippen LogP contribution in [0.15, 0.2) is 48.8 Å². The maximum Gasteiger partial charge on any atom is 0.121 e. The molecule has 1 aliphatic heterocycles. The summed E-state index contributed by atoms with van der Waals surface area (Å²) in [7, 11) is 0. The summed E-state index contributed by atoms with van der Waals surface area (Å²) in [5.41, 5.74) is 2.16. The van der Waals surface area contributed by atoms with E-state index >= 15 is 0 Å². The van der Waals surface area contributed by atoms with Crippen molar-refractivity contribution in [1.82, 2.24) is 4.98 Å². The van der Waals surface area contributed by atoms with Crippen LogP contribution in [0.2, 0.25) is 0 Å². The average molecular weight is 312 g/mol. The number of benzene rings is 1. The van der Waals surface area contributed by atoms with Gasteiger partial charge in [-0.1, -0.05) is 12.1 Å². The van der Waals surface area contributed by atoms with Gasteiger partial charge in [-0.25, -0.2) is 0 Å². The third-order valence-electron chi connectivity index (χ3n) is 4.03. The molecule has 122 valence electrons. The van der Waals surface area contributed by atoms with E-state index in [1.54, 1.807) is 6.20 Å². The van der Waals surface area contributed by atoms with Crippen molar-refractivity contribution < 1.29 is 9.47 Å². The Morgan fingerprint density at radius 2 is 2.00 bits per heavy atom. The standard InChI is InChI=1S/C19H24N2O2/c1-14-9-18(10-15(2)23-14)21-17-6-3-7-19(11-17)22-13-16-5-4-8-20-12-16/h3-8,11-12,14-15,18,21H,9-10,13H2,1-2H3/t14-,15+,18?. The van der Waals surface area contributed by atoms with Gasteiger partial charge in [0.15, 0.2) is 0 Å². The lowest BCUT2D eigenvalue weighted by atomic mass is 9.99. The molecule has 23 heavy (non-hydrogen) atoms. The van der Waals surface area contributed by atoms with Gasteiger partial charge in [0.1, 0.15) is 12.4 Å². The summed E-state index contributed by atoms with van der Waals surface area (Å²) in [6.07, 6.45) is 6.27. The van der Waals surface area contributed by atoms with E-state index in [-0.39, 0.29) is 0 Å². The van der Waals surface area contributed by atoms with Crippen LogP contribution in [0.1, 0.15) is 32.3 Å². The summed E-state index contributed by atoms with van der Waals surface area (Å²) in [5, 5.41) is 3.61. The lowest BCUT2D eigenvalue weighted by Crippen LogP contribution is -2.36. The highest BCUT2D eigenvalue weighted by Gasteiger charge is 2.24. The van der Waals surface area contributed by atoms with Crippen LogP contribution in [0.4, 0.5) is 5.69 Å². The molecule has 0 bridgehead atoms. The molecule has 0 aliphatic carbocycles. The van der Waals surface area contributed by atoms with E-state index in [0.717, 1.165) is 29.8 Å². The zero-order chi connectivity index (χ0) is 16.1. The minimum atomic E-state index is 0.307. The number of pyridine rings is 1. The fraction of sp³-hybridized carbons (Fsp3) is 0.421. The quantitative estimate of drug-likeness (QED) is 0.905. The zero-order valence-electron chi connectivity index (χ0n) is 13.7. The number of nitrogens with zero attached hydrogens (tertiary/aromatic N) is 1. The number of hydrogen-bond donors (Lipinski definition) is 1. The lowest BCUT2D eigenvalue weighted by molar-refractivity contribution is -0.0337. The highest BCUT2D eigenvalue weighted by Crippen LogP contribution is 2.25. The fourth-order valence-corrected chi connectivity index (χ4v) is 3.08. The monoisotopic (exact) mass is 312 g/mol. The summed E-state index contributed by atoms with van der Waals surface area (Å²) >= 11 is 0. The van der Waals surface area contributed by atoms with E-state index in [0.29, 0.717) is 24.9 Å². The van der Waals surface area contributed by atoms with Gasteiger partial charge in [-0.3, -0.25) is 4.98 Å². The SMILES string of the molecule is C[C@@H]1CC(Nc2cccc(OCc3cccnc3)c2)C[C@H](C)O1. The van der Waals surface area contributed by atoms with Crippen LogP contribution < -0.4 is 10.1 Å². The van der Waals surface area contributed by atoms with Crippen molar-refractivity contribution in [3.05, 3.63) is 54.4 Å². The Labute approximate surface area is 137 Å². The van der Waals surface area contributed by atoms with Crippen LogP contribution in [0, 0.1) is 0 Å². The van der Waals surface area contributed by atoms with Gasteiger partial charge in [-0.2, -0.15) is 0 Å². The van der Waals surface area contributed by atoms with Crippen LogP contribution in [0.3, 0.4) is 0 Å². The molecular formula is C19H24N2O2.